The number of hydrogen-bond acceptors (Lipinski definition) is 3. The molecule has 0 unspecified atom stereocenters. The molecular formula is C21H24N4O. The van der Waals surface area contributed by atoms with Crippen molar-refractivity contribution >= 4 is 11.6 Å². The molecule has 1 aliphatic carbocycles. The van der Waals surface area contributed by atoms with Crippen LogP contribution in [0.4, 0.5) is 0 Å². The van der Waals surface area contributed by atoms with E-state index in [1.54, 1.807) is 16.9 Å². The van der Waals surface area contributed by atoms with Crippen molar-refractivity contribution in [3.05, 3.63) is 53.9 Å². The van der Waals surface area contributed by atoms with Crippen LogP contribution >= 0.6 is 0 Å². The largest absolute Gasteiger partial charge is 0.349 e. The molecule has 2 heterocycles. The van der Waals surface area contributed by atoms with Crippen LogP contribution in [0.15, 0.2) is 42.7 Å². The van der Waals surface area contributed by atoms with E-state index in [0.29, 0.717) is 11.2 Å². The van der Waals surface area contributed by atoms with Crippen LogP contribution < -0.4 is 5.32 Å². The van der Waals surface area contributed by atoms with E-state index >= 15 is 0 Å². The van der Waals surface area contributed by atoms with Gasteiger partial charge in [-0.05, 0) is 25.8 Å². The van der Waals surface area contributed by atoms with Crippen LogP contribution in [0.3, 0.4) is 0 Å². The second kappa shape index (κ2) is 7.28. The Morgan fingerprint density at radius 2 is 1.81 bits per heavy atom. The summed E-state index contributed by atoms with van der Waals surface area (Å²) in [6.07, 6.45) is 10.4. The van der Waals surface area contributed by atoms with Crippen molar-refractivity contribution in [1.29, 1.82) is 0 Å². The molecule has 0 atom stereocenters. The predicted octanol–water partition coefficient (Wildman–Crippen LogP) is 4.16. The quantitative estimate of drug-likeness (QED) is 0.723. The lowest BCUT2D eigenvalue weighted by molar-refractivity contribution is 0.0935. The number of carbonyl (C=O) groups is 1. The molecule has 5 heteroatoms. The van der Waals surface area contributed by atoms with E-state index in [1.807, 2.05) is 6.07 Å². The summed E-state index contributed by atoms with van der Waals surface area (Å²) in [7, 11) is 0. The van der Waals surface area contributed by atoms with E-state index < -0.39 is 0 Å². The van der Waals surface area contributed by atoms with Crippen molar-refractivity contribution in [2.24, 2.45) is 0 Å². The van der Waals surface area contributed by atoms with Gasteiger partial charge in [-0.15, -0.1) is 0 Å². The van der Waals surface area contributed by atoms with E-state index in [9.17, 15) is 4.79 Å². The zero-order valence-corrected chi connectivity index (χ0v) is 15.1. The summed E-state index contributed by atoms with van der Waals surface area (Å²) in [5.41, 5.74) is 4.35. The fourth-order valence-electron chi connectivity index (χ4n) is 3.68. The van der Waals surface area contributed by atoms with Crippen molar-refractivity contribution in [1.82, 2.24) is 19.9 Å². The Labute approximate surface area is 153 Å². The van der Waals surface area contributed by atoms with Crippen LogP contribution in [0, 0.1) is 6.92 Å². The van der Waals surface area contributed by atoms with Gasteiger partial charge in [-0.1, -0.05) is 55.5 Å². The fraction of sp³-hybridized carbons (Fsp3) is 0.381. The Bertz CT molecular complexity index is 905. The van der Waals surface area contributed by atoms with Gasteiger partial charge in [0.25, 0.3) is 5.91 Å². The Hall–Kier alpha value is -2.69. The van der Waals surface area contributed by atoms with Gasteiger partial charge >= 0.3 is 0 Å². The van der Waals surface area contributed by atoms with Gasteiger partial charge in [0.15, 0.2) is 5.65 Å². The molecule has 1 aliphatic rings. The smallest absolute Gasteiger partial charge is 0.256 e. The highest BCUT2D eigenvalue weighted by molar-refractivity contribution is 6.00. The predicted molar refractivity (Wildman–Crippen MR) is 102 cm³/mol. The molecule has 134 valence electrons. The van der Waals surface area contributed by atoms with Gasteiger partial charge in [0.1, 0.15) is 5.56 Å². The fourth-order valence-corrected chi connectivity index (χ4v) is 3.68. The molecule has 0 bridgehead atoms. The lowest BCUT2D eigenvalue weighted by atomic mass is 10.1. The maximum absolute atomic E-state index is 12.8. The molecular weight excluding hydrogens is 324 g/mol. The van der Waals surface area contributed by atoms with Crippen LogP contribution in [0.5, 0.6) is 0 Å². The molecule has 3 aromatic rings. The van der Waals surface area contributed by atoms with Crippen molar-refractivity contribution in [2.75, 3.05) is 0 Å². The van der Waals surface area contributed by atoms with Gasteiger partial charge in [-0.3, -0.25) is 4.79 Å². The second-order valence-corrected chi connectivity index (χ2v) is 7.15. The highest BCUT2D eigenvalue weighted by Gasteiger charge is 2.20. The number of aromatic nitrogens is 3. The van der Waals surface area contributed by atoms with E-state index in [0.717, 1.165) is 24.1 Å². The average Bonchev–Trinajstić information content (AvgIpc) is 2.93. The number of nitrogens with one attached hydrogen (secondary N) is 1. The molecule has 0 aliphatic heterocycles. The third-order valence-corrected chi connectivity index (χ3v) is 5.18. The average molecular weight is 348 g/mol. The number of benzene rings is 1. The molecule has 1 saturated carbocycles. The number of hydrogen-bond donors (Lipinski definition) is 1. The van der Waals surface area contributed by atoms with Crippen LogP contribution in [-0.2, 0) is 0 Å². The van der Waals surface area contributed by atoms with E-state index in [-0.39, 0.29) is 11.9 Å². The summed E-state index contributed by atoms with van der Waals surface area (Å²) in [5.74, 6) is -0.0690. The lowest BCUT2D eigenvalue weighted by Gasteiger charge is -2.15. The number of rotatable bonds is 3. The monoisotopic (exact) mass is 348 g/mol. The van der Waals surface area contributed by atoms with Crippen LogP contribution in [0.2, 0.25) is 0 Å². The Morgan fingerprint density at radius 3 is 2.54 bits per heavy atom. The second-order valence-electron chi connectivity index (χ2n) is 7.15. The van der Waals surface area contributed by atoms with Crippen LogP contribution in [0.25, 0.3) is 16.9 Å². The van der Waals surface area contributed by atoms with E-state index in [2.05, 4.69) is 46.6 Å². The molecule has 1 fully saturated rings. The zero-order valence-electron chi connectivity index (χ0n) is 15.1. The highest BCUT2D eigenvalue weighted by Crippen LogP contribution is 2.22. The van der Waals surface area contributed by atoms with Crippen LogP contribution in [-0.4, -0.2) is 26.5 Å². The van der Waals surface area contributed by atoms with Gasteiger partial charge in [0.2, 0.25) is 0 Å². The molecule has 1 aromatic carbocycles. The molecule has 2 aromatic heterocycles. The molecule has 26 heavy (non-hydrogen) atoms. The molecule has 5 nitrogen and oxygen atoms in total. The minimum atomic E-state index is -0.0690. The first-order valence-corrected chi connectivity index (χ1v) is 9.43. The summed E-state index contributed by atoms with van der Waals surface area (Å²) in [6, 6.07) is 10.5. The maximum atomic E-state index is 12.8. The summed E-state index contributed by atoms with van der Waals surface area (Å²) in [6.45, 7) is 2.07. The van der Waals surface area contributed by atoms with Crippen molar-refractivity contribution < 1.29 is 4.79 Å². The number of fused-ring (bicyclic) bond motifs is 1. The molecule has 1 N–H and O–H groups in total. The van der Waals surface area contributed by atoms with Gasteiger partial charge < -0.3 is 5.32 Å². The maximum Gasteiger partial charge on any atom is 0.256 e. The van der Waals surface area contributed by atoms with Gasteiger partial charge in [0, 0.05) is 17.8 Å². The van der Waals surface area contributed by atoms with Gasteiger partial charge in [0.05, 0.1) is 11.9 Å². The molecule has 0 radical (unpaired) electrons. The number of aryl methyl sites for hydroxylation is 1. The topological polar surface area (TPSA) is 59.3 Å². The first kappa shape index (κ1) is 16.8. The van der Waals surface area contributed by atoms with Gasteiger partial charge in [-0.2, -0.15) is 5.10 Å². The minimum absolute atomic E-state index is 0.0690. The van der Waals surface area contributed by atoms with Crippen molar-refractivity contribution in [3.63, 3.8) is 0 Å². The standard InChI is InChI=1S/C21H24N4O/c1-15-8-10-16(11-9-15)19-12-13-22-20-18(14-23-25(19)20)21(26)24-17-6-4-2-3-5-7-17/h8-14,17H,2-7H2,1H3,(H,24,26). The zero-order chi connectivity index (χ0) is 17.9. The summed E-state index contributed by atoms with van der Waals surface area (Å²) in [5, 5.41) is 7.63. The summed E-state index contributed by atoms with van der Waals surface area (Å²) < 4.78 is 1.76. The number of amides is 1. The molecule has 0 spiro atoms. The SMILES string of the molecule is Cc1ccc(-c2ccnc3c(C(=O)NC4CCCCCC4)cnn23)cc1. The van der Waals surface area contributed by atoms with E-state index in [4.69, 9.17) is 0 Å². The van der Waals surface area contributed by atoms with Crippen molar-refractivity contribution in [2.45, 2.75) is 51.5 Å². The first-order chi connectivity index (χ1) is 12.7. The number of carbonyl (C=O) groups excluding carboxylic acids is 1. The van der Waals surface area contributed by atoms with Gasteiger partial charge in [-0.25, -0.2) is 9.50 Å². The normalized spacial score (nSPS) is 15.7. The number of nitrogens with zero attached hydrogens (tertiary/aromatic N) is 3. The highest BCUT2D eigenvalue weighted by atomic mass is 16.1. The third kappa shape index (κ3) is 3.34. The first-order valence-electron chi connectivity index (χ1n) is 9.43. The summed E-state index contributed by atoms with van der Waals surface area (Å²) >= 11 is 0. The Morgan fingerprint density at radius 1 is 1.08 bits per heavy atom. The van der Waals surface area contributed by atoms with E-state index in [1.165, 1.54) is 31.2 Å². The Kier molecular flexibility index (Phi) is 4.69. The Balaban J connectivity index is 1.63. The molecule has 1 amide bonds. The summed E-state index contributed by atoms with van der Waals surface area (Å²) in [4.78, 5) is 17.2. The minimum Gasteiger partial charge on any atom is -0.349 e. The molecule has 4 rings (SSSR count). The van der Waals surface area contributed by atoms with Crippen molar-refractivity contribution in [3.8, 4) is 11.3 Å². The lowest BCUT2D eigenvalue weighted by Crippen LogP contribution is -2.34. The van der Waals surface area contributed by atoms with Crippen LogP contribution in [0.1, 0.15) is 54.4 Å². The molecule has 0 saturated heterocycles. The third-order valence-electron chi connectivity index (χ3n) is 5.18.